The summed E-state index contributed by atoms with van der Waals surface area (Å²) in [7, 11) is 0. The van der Waals surface area contributed by atoms with Crippen LogP contribution in [-0.2, 0) is 11.3 Å². The molecule has 3 rings (SSSR count). The first-order valence-electron chi connectivity index (χ1n) is 7.94. The summed E-state index contributed by atoms with van der Waals surface area (Å²) in [6.45, 7) is 11.0. The van der Waals surface area contributed by atoms with E-state index in [0.717, 1.165) is 44.8 Å². The Balaban J connectivity index is 1.56. The van der Waals surface area contributed by atoms with Gasteiger partial charge in [0.2, 0.25) is 5.91 Å². The normalized spacial score (nSPS) is 25.1. The lowest BCUT2D eigenvalue weighted by Crippen LogP contribution is -2.56. The molecule has 0 radical (unpaired) electrons. The van der Waals surface area contributed by atoms with Gasteiger partial charge in [0.15, 0.2) is 0 Å². The van der Waals surface area contributed by atoms with Gasteiger partial charge in [-0.3, -0.25) is 9.69 Å². The topological polar surface area (TPSA) is 41.4 Å². The van der Waals surface area contributed by atoms with Crippen LogP contribution in [0.5, 0.6) is 0 Å². The van der Waals surface area contributed by atoms with Gasteiger partial charge in [-0.2, -0.15) is 0 Å². The van der Waals surface area contributed by atoms with Crippen LogP contribution in [0, 0.1) is 12.3 Å². The maximum atomic E-state index is 12.5. The zero-order chi connectivity index (χ0) is 15.0. The standard InChI is InChI=1S/C16H26N4O/c1-13-17-6-8-19(13)9-14-5-4-7-20(14)15(21)10-18-11-16(2,3)12-18/h6,8,14H,4-5,7,9-12H2,1-3H3. The first-order valence-corrected chi connectivity index (χ1v) is 7.94. The molecule has 2 saturated heterocycles. The van der Waals surface area contributed by atoms with Crippen molar-refractivity contribution in [2.75, 3.05) is 26.2 Å². The van der Waals surface area contributed by atoms with Crippen molar-refractivity contribution in [3.63, 3.8) is 0 Å². The molecule has 21 heavy (non-hydrogen) atoms. The number of nitrogens with zero attached hydrogens (tertiary/aromatic N) is 4. The summed E-state index contributed by atoms with van der Waals surface area (Å²) in [5.74, 6) is 1.32. The van der Waals surface area contributed by atoms with Gasteiger partial charge >= 0.3 is 0 Å². The van der Waals surface area contributed by atoms with E-state index >= 15 is 0 Å². The third kappa shape index (κ3) is 3.12. The average Bonchev–Trinajstić information content (AvgIpc) is 2.98. The van der Waals surface area contributed by atoms with E-state index < -0.39 is 0 Å². The number of likely N-dealkylation sites (tertiary alicyclic amines) is 2. The highest BCUT2D eigenvalue weighted by Gasteiger charge is 2.37. The second kappa shape index (κ2) is 5.44. The predicted molar refractivity (Wildman–Crippen MR) is 81.9 cm³/mol. The molecule has 0 saturated carbocycles. The predicted octanol–water partition coefficient (Wildman–Crippen LogP) is 1.52. The van der Waals surface area contributed by atoms with Crippen LogP contribution in [0.15, 0.2) is 12.4 Å². The van der Waals surface area contributed by atoms with Gasteiger partial charge in [-0.15, -0.1) is 0 Å². The van der Waals surface area contributed by atoms with Crippen molar-refractivity contribution in [1.82, 2.24) is 19.4 Å². The number of aryl methyl sites for hydroxylation is 1. The molecular weight excluding hydrogens is 264 g/mol. The van der Waals surface area contributed by atoms with Crippen LogP contribution in [0.3, 0.4) is 0 Å². The molecular formula is C16H26N4O. The molecule has 0 aromatic carbocycles. The lowest BCUT2D eigenvalue weighted by molar-refractivity contribution is -0.136. The molecule has 2 fully saturated rings. The number of carbonyl (C=O) groups excluding carboxylic acids is 1. The van der Waals surface area contributed by atoms with E-state index in [-0.39, 0.29) is 0 Å². The summed E-state index contributed by atoms with van der Waals surface area (Å²) in [6.07, 6.45) is 6.07. The Morgan fingerprint density at radius 3 is 2.81 bits per heavy atom. The summed E-state index contributed by atoms with van der Waals surface area (Å²) in [5, 5.41) is 0. The van der Waals surface area contributed by atoms with Crippen LogP contribution in [-0.4, -0.2) is 57.5 Å². The number of carbonyl (C=O) groups is 1. The molecule has 1 amide bonds. The van der Waals surface area contributed by atoms with Gasteiger partial charge in [0.1, 0.15) is 5.82 Å². The van der Waals surface area contributed by atoms with Gasteiger partial charge in [0.05, 0.1) is 6.54 Å². The SMILES string of the molecule is Cc1nccn1CC1CCCN1C(=O)CN1CC(C)(C)C1. The highest BCUT2D eigenvalue weighted by Crippen LogP contribution is 2.29. The van der Waals surface area contributed by atoms with Crippen molar-refractivity contribution in [2.24, 2.45) is 5.41 Å². The lowest BCUT2D eigenvalue weighted by atomic mass is 9.84. The average molecular weight is 290 g/mol. The third-order valence-corrected chi connectivity index (χ3v) is 4.69. The molecule has 1 atom stereocenters. The lowest BCUT2D eigenvalue weighted by Gasteiger charge is -2.46. The number of hydrogen-bond acceptors (Lipinski definition) is 3. The fraction of sp³-hybridized carbons (Fsp3) is 0.750. The van der Waals surface area contributed by atoms with Gasteiger partial charge in [0, 0.05) is 44.6 Å². The van der Waals surface area contributed by atoms with Crippen LogP contribution >= 0.6 is 0 Å². The summed E-state index contributed by atoms with van der Waals surface area (Å²) >= 11 is 0. The van der Waals surface area contributed by atoms with E-state index in [1.807, 2.05) is 19.3 Å². The van der Waals surface area contributed by atoms with Crippen LogP contribution in [0.4, 0.5) is 0 Å². The number of aromatic nitrogens is 2. The molecule has 1 aromatic rings. The summed E-state index contributed by atoms with van der Waals surface area (Å²) in [6, 6.07) is 0.333. The number of imidazole rings is 1. The van der Waals surface area contributed by atoms with E-state index in [1.165, 1.54) is 0 Å². The molecule has 5 nitrogen and oxygen atoms in total. The minimum Gasteiger partial charge on any atom is -0.337 e. The van der Waals surface area contributed by atoms with Crippen molar-refractivity contribution in [2.45, 2.75) is 46.2 Å². The van der Waals surface area contributed by atoms with Crippen molar-refractivity contribution in [1.29, 1.82) is 0 Å². The summed E-state index contributed by atoms with van der Waals surface area (Å²) in [5.41, 5.74) is 0.388. The van der Waals surface area contributed by atoms with Gasteiger partial charge in [0.25, 0.3) is 0 Å². The fourth-order valence-electron chi connectivity index (χ4n) is 3.74. The molecule has 2 aliphatic rings. The van der Waals surface area contributed by atoms with E-state index in [9.17, 15) is 4.79 Å². The second-order valence-electron chi connectivity index (χ2n) is 7.32. The monoisotopic (exact) mass is 290 g/mol. The van der Waals surface area contributed by atoms with Crippen molar-refractivity contribution in [3.8, 4) is 0 Å². The van der Waals surface area contributed by atoms with Gasteiger partial charge in [-0.25, -0.2) is 4.98 Å². The van der Waals surface area contributed by atoms with Gasteiger partial charge in [-0.1, -0.05) is 13.8 Å². The first kappa shape index (κ1) is 14.6. The molecule has 3 heterocycles. The molecule has 1 aromatic heterocycles. The second-order valence-corrected chi connectivity index (χ2v) is 7.32. The Bertz CT molecular complexity index is 514. The molecule has 5 heteroatoms. The molecule has 1 unspecified atom stereocenters. The molecule has 0 spiro atoms. The maximum absolute atomic E-state index is 12.5. The Labute approximate surface area is 126 Å². The highest BCUT2D eigenvalue weighted by atomic mass is 16.2. The molecule has 0 aliphatic carbocycles. The molecule has 0 bridgehead atoms. The summed E-state index contributed by atoms with van der Waals surface area (Å²) in [4.78, 5) is 21.2. The van der Waals surface area contributed by atoms with Crippen LogP contribution in [0.1, 0.15) is 32.5 Å². The van der Waals surface area contributed by atoms with E-state index in [0.29, 0.717) is 23.9 Å². The number of amides is 1. The molecule has 116 valence electrons. The van der Waals surface area contributed by atoms with Crippen LogP contribution < -0.4 is 0 Å². The first-order chi connectivity index (χ1) is 9.94. The third-order valence-electron chi connectivity index (χ3n) is 4.69. The Morgan fingerprint density at radius 1 is 1.43 bits per heavy atom. The van der Waals surface area contributed by atoms with Gasteiger partial charge < -0.3 is 9.47 Å². The van der Waals surface area contributed by atoms with Crippen molar-refractivity contribution < 1.29 is 4.79 Å². The zero-order valence-corrected chi connectivity index (χ0v) is 13.4. The van der Waals surface area contributed by atoms with E-state index in [4.69, 9.17) is 0 Å². The van der Waals surface area contributed by atoms with Crippen molar-refractivity contribution >= 4 is 5.91 Å². The Kier molecular flexibility index (Phi) is 3.78. The van der Waals surface area contributed by atoms with Crippen molar-refractivity contribution in [3.05, 3.63) is 18.2 Å². The van der Waals surface area contributed by atoms with Crippen LogP contribution in [0.2, 0.25) is 0 Å². The van der Waals surface area contributed by atoms with Crippen LogP contribution in [0.25, 0.3) is 0 Å². The minimum atomic E-state index is 0.297. The zero-order valence-electron chi connectivity index (χ0n) is 13.4. The molecule has 0 N–H and O–H groups in total. The number of hydrogen-bond donors (Lipinski definition) is 0. The fourth-order valence-corrected chi connectivity index (χ4v) is 3.74. The number of rotatable bonds is 4. The Morgan fingerprint density at radius 2 is 2.19 bits per heavy atom. The smallest absolute Gasteiger partial charge is 0.237 e. The maximum Gasteiger partial charge on any atom is 0.237 e. The molecule has 2 aliphatic heterocycles. The minimum absolute atomic E-state index is 0.297. The van der Waals surface area contributed by atoms with E-state index in [2.05, 4.69) is 33.2 Å². The summed E-state index contributed by atoms with van der Waals surface area (Å²) < 4.78 is 2.16. The largest absolute Gasteiger partial charge is 0.337 e. The quantitative estimate of drug-likeness (QED) is 0.844. The van der Waals surface area contributed by atoms with E-state index in [1.54, 1.807) is 0 Å². The van der Waals surface area contributed by atoms with Gasteiger partial charge in [-0.05, 0) is 25.2 Å². The Hall–Kier alpha value is -1.36. The highest BCUT2D eigenvalue weighted by molar-refractivity contribution is 5.79.